The second-order valence-electron chi connectivity index (χ2n) is 9.08. The maximum Gasteiger partial charge on any atom is 0.175 e. The van der Waals surface area contributed by atoms with Crippen molar-refractivity contribution in [3.05, 3.63) is 54.1 Å². The molecule has 0 atom stereocenters. The topological polar surface area (TPSA) is 33.3 Å². The fourth-order valence-electron chi connectivity index (χ4n) is 6.34. The third-order valence-corrected chi connectivity index (χ3v) is 7.35. The van der Waals surface area contributed by atoms with Crippen LogP contribution in [0.2, 0.25) is 0 Å². The molecule has 0 saturated heterocycles. The Hall–Kier alpha value is -2.07. The van der Waals surface area contributed by atoms with Crippen LogP contribution in [-0.4, -0.2) is 12.2 Å². The van der Waals surface area contributed by atoms with E-state index in [9.17, 15) is 0 Å². The molecule has 4 aliphatic carbocycles. The second kappa shape index (κ2) is 7.07. The highest BCUT2D eigenvalue weighted by atomic mass is 32.1. The van der Waals surface area contributed by atoms with Gasteiger partial charge in [0.2, 0.25) is 0 Å². The summed E-state index contributed by atoms with van der Waals surface area (Å²) in [4.78, 5) is 0. The molecule has 4 aliphatic rings. The third-order valence-electron chi connectivity index (χ3n) is 7.14. The number of ether oxygens (including phenoxy) is 1. The van der Waals surface area contributed by atoms with Crippen LogP contribution in [0.5, 0.6) is 5.75 Å². The summed E-state index contributed by atoms with van der Waals surface area (Å²) < 4.78 is 5.19. The maximum absolute atomic E-state index is 5.47. The quantitative estimate of drug-likeness (QED) is 0.628. The lowest BCUT2D eigenvalue weighted by molar-refractivity contribution is -0.00518. The molecule has 2 N–H and O–H groups in total. The molecule has 0 radical (unpaired) electrons. The Bertz CT molecular complexity index is 824. The van der Waals surface area contributed by atoms with Gasteiger partial charge in [-0.05, 0) is 116 Å². The van der Waals surface area contributed by atoms with Crippen LogP contribution in [0.1, 0.15) is 44.1 Å². The van der Waals surface area contributed by atoms with Crippen LogP contribution in [0.15, 0.2) is 48.5 Å². The van der Waals surface area contributed by atoms with Gasteiger partial charge < -0.3 is 15.4 Å². The van der Waals surface area contributed by atoms with E-state index in [1.165, 1.54) is 38.5 Å². The van der Waals surface area contributed by atoms with Crippen LogP contribution in [0, 0.1) is 17.8 Å². The first-order valence-corrected chi connectivity index (χ1v) is 10.9. The van der Waals surface area contributed by atoms with Crippen molar-refractivity contribution in [2.75, 3.05) is 17.7 Å². The van der Waals surface area contributed by atoms with Crippen LogP contribution in [0.3, 0.4) is 0 Å². The number of rotatable bonds is 4. The predicted molar refractivity (Wildman–Crippen MR) is 119 cm³/mol. The molecule has 2 aromatic rings. The summed E-state index contributed by atoms with van der Waals surface area (Å²) in [7, 11) is 1.67. The summed E-state index contributed by atoms with van der Waals surface area (Å²) >= 11 is 5.47. The van der Waals surface area contributed by atoms with Gasteiger partial charge >= 0.3 is 0 Å². The molecule has 28 heavy (non-hydrogen) atoms. The van der Waals surface area contributed by atoms with Gasteiger partial charge in [-0.2, -0.15) is 0 Å². The summed E-state index contributed by atoms with van der Waals surface area (Å²) in [5.41, 5.74) is 3.99. The van der Waals surface area contributed by atoms with Crippen molar-refractivity contribution in [1.82, 2.24) is 0 Å². The number of thiocarbonyl (C=S) groups is 1. The lowest BCUT2D eigenvalue weighted by Crippen LogP contribution is -2.48. The molecule has 0 amide bonds. The largest absolute Gasteiger partial charge is 0.497 e. The van der Waals surface area contributed by atoms with E-state index < -0.39 is 0 Å². The molecule has 4 fully saturated rings. The molecule has 146 valence electrons. The van der Waals surface area contributed by atoms with E-state index in [0.717, 1.165) is 34.9 Å². The Morgan fingerprint density at radius 1 is 0.821 bits per heavy atom. The molecule has 4 heteroatoms. The van der Waals surface area contributed by atoms with Crippen molar-refractivity contribution >= 4 is 28.7 Å². The van der Waals surface area contributed by atoms with Gasteiger partial charge in [0.25, 0.3) is 0 Å². The van der Waals surface area contributed by atoms with E-state index in [2.05, 4.69) is 34.9 Å². The highest BCUT2D eigenvalue weighted by Crippen LogP contribution is 2.60. The Balaban J connectivity index is 1.24. The fraction of sp³-hybridized carbons (Fsp3) is 0.458. The molecule has 0 aromatic heterocycles. The minimum atomic E-state index is 0.454. The molecule has 0 unspecified atom stereocenters. The molecule has 2 aromatic carbocycles. The van der Waals surface area contributed by atoms with Crippen molar-refractivity contribution in [1.29, 1.82) is 0 Å². The van der Waals surface area contributed by atoms with Gasteiger partial charge in [-0.15, -0.1) is 0 Å². The van der Waals surface area contributed by atoms with Gasteiger partial charge in [-0.1, -0.05) is 12.1 Å². The molecule has 3 nitrogen and oxygen atoms in total. The van der Waals surface area contributed by atoms with E-state index in [0.29, 0.717) is 10.5 Å². The van der Waals surface area contributed by atoms with Crippen molar-refractivity contribution in [3.8, 4) is 5.75 Å². The Labute approximate surface area is 172 Å². The standard InChI is InChI=1S/C24H28N2OS/c1-27-22-8-6-21(7-9-22)26-23(28)25-20-4-2-19(3-5-20)24-13-16-10-17(14-24)12-18(11-16)15-24/h2-9,16-18H,10-15H2,1H3,(H2,25,26,28). The lowest BCUT2D eigenvalue weighted by atomic mass is 9.48. The number of hydrogen-bond acceptors (Lipinski definition) is 2. The molecule has 0 aliphatic heterocycles. The van der Waals surface area contributed by atoms with E-state index in [1.54, 1.807) is 12.7 Å². The van der Waals surface area contributed by atoms with Crippen molar-refractivity contribution < 1.29 is 4.74 Å². The summed E-state index contributed by atoms with van der Waals surface area (Å²) in [6.45, 7) is 0. The average molecular weight is 393 g/mol. The normalized spacial score (nSPS) is 30.1. The zero-order chi connectivity index (χ0) is 19.1. The molecule has 4 bridgehead atoms. The summed E-state index contributed by atoms with van der Waals surface area (Å²) in [6, 6.07) is 16.8. The Morgan fingerprint density at radius 3 is 1.75 bits per heavy atom. The number of benzene rings is 2. The van der Waals surface area contributed by atoms with E-state index >= 15 is 0 Å². The van der Waals surface area contributed by atoms with Crippen molar-refractivity contribution in [3.63, 3.8) is 0 Å². The van der Waals surface area contributed by atoms with Gasteiger partial charge in [-0.25, -0.2) is 0 Å². The minimum Gasteiger partial charge on any atom is -0.497 e. The summed E-state index contributed by atoms with van der Waals surface area (Å²) in [5, 5.41) is 7.14. The molecule has 0 heterocycles. The Kier molecular flexibility index (Phi) is 4.54. The monoisotopic (exact) mass is 392 g/mol. The van der Waals surface area contributed by atoms with Gasteiger partial charge in [-0.3, -0.25) is 0 Å². The van der Waals surface area contributed by atoms with Crippen LogP contribution in [0.4, 0.5) is 11.4 Å². The average Bonchev–Trinajstić information content (AvgIpc) is 2.68. The lowest BCUT2D eigenvalue weighted by Gasteiger charge is -2.57. The number of anilines is 2. The zero-order valence-electron chi connectivity index (χ0n) is 16.4. The van der Waals surface area contributed by atoms with Gasteiger partial charge in [0.1, 0.15) is 5.75 Å². The van der Waals surface area contributed by atoms with Gasteiger partial charge in [0, 0.05) is 11.4 Å². The SMILES string of the molecule is COc1ccc(NC(=S)Nc2ccc(C34CC5CC(CC(C5)C3)C4)cc2)cc1. The first-order valence-electron chi connectivity index (χ1n) is 10.4. The number of methoxy groups -OCH3 is 1. The first-order chi connectivity index (χ1) is 13.6. The molecule has 4 saturated carbocycles. The number of hydrogen-bond donors (Lipinski definition) is 2. The molecule has 6 rings (SSSR count). The van der Waals surface area contributed by atoms with Crippen LogP contribution in [0.25, 0.3) is 0 Å². The second-order valence-corrected chi connectivity index (χ2v) is 9.49. The van der Waals surface area contributed by atoms with Gasteiger partial charge in [0.05, 0.1) is 7.11 Å². The van der Waals surface area contributed by atoms with Gasteiger partial charge in [0.15, 0.2) is 5.11 Å². The zero-order valence-corrected chi connectivity index (χ0v) is 17.2. The predicted octanol–water partition coefficient (Wildman–Crippen LogP) is 5.97. The summed E-state index contributed by atoms with van der Waals surface area (Å²) in [6.07, 6.45) is 8.69. The summed E-state index contributed by atoms with van der Waals surface area (Å²) in [5.74, 6) is 3.77. The van der Waals surface area contributed by atoms with Crippen LogP contribution >= 0.6 is 12.2 Å². The van der Waals surface area contributed by atoms with Crippen LogP contribution < -0.4 is 15.4 Å². The van der Waals surface area contributed by atoms with E-state index in [1.807, 2.05) is 24.3 Å². The van der Waals surface area contributed by atoms with Crippen molar-refractivity contribution in [2.24, 2.45) is 17.8 Å². The highest BCUT2D eigenvalue weighted by molar-refractivity contribution is 7.80. The molecule has 0 spiro atoms. The molecular weight excluding hydrogens is 364 g/mol. The highest BCUT2D eigenvalue weighted by Gasteiger charge is 2.51. The van der Waals surface area contributed by atoms with Crippen LogP contribution in [-0.2, 0) is 5.41 Å². The van der Waals surface area contributed by atoms with E-state index in [4.69, 9.17) is 17.0 Å². The van der Waals surface area contributed by atoms with Crippen molar-refractivity contribution in [2.45, 2.75) is 43.9 Å². The third kappa shape index (κ3) is 3.39. The molecular formula is C24H28N2OS. The smallest absolute Gasteiger partial charge is 0.175 e. The Morgan fingerprint density at radius 2 is 1.29 bits per heavy atom. The maximum atomic E-state index is 5.47. The fourth-order valence-corrected chi connectivity index (χ4v) is 6.57. The van der Waals surface area contributed by atoms with E-state index in [-0.39, 0.29) is 0 Å². The minimum absolute atomic E-state index is 0.454. The first kappa shape index (κ1) is 18.0. The number of nitrogens with one attached hydrogen (secondary N) is 2.